The Morgan fingerprint density at radius 3 is 2.57 bits per heavy atom. The third-order valence-electron chi connectivity index (χ3n) is 2.00. The summed E-state index contributed by atoms with van der Waals surface area (Å²) in [6, 6.07) is 0. The number of methoxy groups -OCH3 is 1. The van der Waals surface area contributed by atoms with E-state index < -0.39 is 17.9 Å². The Morgan fingerprint density at radius 1 is 1.50 bits per heavy atom. The maximum absolute atomic E-state index is 10.8. The summed E-state index contributed by atoms with van der Waals surface area (Å²) in [5.74, 6) is -3.32. The van der Waals surface area contributed by atoms with Gasteiger partial charge in [0.25, 0.3) is 0 Å². The van der Waals surface area contributed by atoms with Crippen LogP contribution in [-0.2, 0) is 14.3 Å². The third kappa shape index (κ3) is 1.76. The Bertz CT molecular complexity index is 326. The average molecular weight is 198 g/mol. The number of hydrogen-bond donors (Lipinski definition) is 2. The summed E-state index contributed by atoms with van der Waals surface area (Å²) in [4.78, 5) is 21.5. The van der Waals surface area contributed by atoms with Crippen molar-refractivity contribution in [3.8, 4) is 0 Å². The number of carboxylic acid groups (broad SMARTS) is 2. The number of hydrogen-bond acceptors (Lipinski definition) is 3. The summed E-state index contributed by atoms with van der Waals surface area (Å²) in [6.07, 6.45) is 3.25. The molecular formula is C9H10O5. The zero-order chi connectivity index (χ0) is 10.7. The normalized spacial score (nSPS) is 20.8. The Balaban J connectivity index is 3.14. The molecule has 1 aliphatic rings. The lowest BCUT2D eigenvalue weighted by Gasteiger charge is -2.17. The zero-order valence-corrected chi connectivity index (χ0v) is 7.56. The van der Waals surface area contributed by atoms with Crippen molar-refractivity contribution in [2.24, 2.45) is 5.92 Å². The number of carboxylic acids is 2. The minimum atomic E-state index is -1.25. The van der Waals surface area contributed by atoms with Crippen molar-refractivity contribution in [3.63, 3.8) is 0 Å². The highest BCUT2D eigenvalue weighted by Crippen LogP contribution is 2.26. The average Bonchev–Trinajstić information content (AvgIpc) is 2.16. The quantitative estimate of drug-likeness (QED) is 0.694. The van der Waals surface area contributed by atoms with Crippen molar-refractivity contribution < 1.29 is 24.5 Å². The number of rotatable bonds is 3. The van der Waals surface area contributed by atoms with Crippen LogP contribution in [0.25, 0.3) is 0 Å². The van der Waals surface area contributed by atoms with Gasteiger partial charge in [0.15, 0.2) is 0 Å². The first-order valence-electron chi connectivity index (χ1n) is 3.98. The lowest BCUT2D eigenvalue weighted by molar-refractivity contribution is -0.144. The Morgan fingerprint density at radius 2 is 2.14 bits per heavy atom. The van der Waals surface area contributed by atoms with E-state index in [1.165, 1.54) is 13.2 Å². The van der Waals surface area contributed by atoms with Gasteiger partial charge in [0.05, 0.1) is 18.6 Å². The molecular weight excluding hydrogens is 188 g/mol. The number of ether oxygens (including phenoxy) is 1. The molecule has 0 radical (unpaired) electrons. The fraction of sp³-hybridized carbons (Fsp3) is 0.333. The Labute approximate surface area is 80.3 Å². The van der Waals surface area contributed by atoms with Crippen molar-refractivity contribution in [2.45, 2.75) is 6.42 Å². The van der Waals surface area contributed by atoms with Gasteiger partial charge < -0.3 is 14.9 Å². The second kappa shape index (κ2) is 3.95. The van der Waals surface area contributed by atoms with Crippen molar-refractivity contribution in [3.05, 3.63) is 23.5 Å². The molecule has 0 aromatic carbocycles. The minimum Gasteiger partial charge on any atom is -0.496 e. The van der Waals surface area contributed by atoms with Gasteiger partial charge in [0.2, 0.25) is 0 Å². The van der Waals surface area contributed by atoms with Gasteiger partial charge in [-0.05, 0) is 12.5 Å². The largest absolute Gasteiger partial charge is 0.496 e. The van der Waals surface area contributed by atoms with Gasteiger partial charge in [-0.25, -0.2) is 4.79 Å². The van der Waals surface area contributed by atoms with E-state index in [-0.39, 0.29) is 17.8 Å². The highest BCUT2D eigenvalue weighted by atomic mass is 16.5. The highest BCUT2D eigenvalue weighted by molar-refractivity contribution is 5.95. The van der Waals surface area contributed by atoms with Gasteiger partial charge in [0.1, 0.15) is 5.76 Å². The standard InChI is InChI=1S/C9H10O5/c1-14-6-4-2-3-5(8(10)11)7(6)9(12)13/h2,4-5H,3H2,1H3,(H,10,11)(H,12,13). The Kier molecular flexibility index (Phi) is 2.91. The third-order valence-corrected chi connectivity index (χ3v) is 2.00. The van der Waals surface area contributed by atoms with Crippen LogP contribution in [0.15, 0.2) is 23.5 Å². The maximum atomic E-state index is 10.8. The summed E-state index contributed by atoms with van der Waals surface area (Å²) in [7, 11) is 1.31. The van der Waals surface area contributed by atoms with Gasteiger partial charge in [-0.2, -0.15) is 0 Å². The molecule has 0 aliphatic heterocycles. The van der Waals surface area contributed by atoms with Crippen LogP contribution >= 0.6 is 0 Å². The number of allylic oxidation sites excluding steroid dienone is 2. The van der Waals surface area contributed by atoms with Crippen LogP contribution in [0.3, 0.4) is 0 Å². The molecule has 5 heteroatoms. The van der Waals surface area contributed by atoms with Crippen LogP contribution in [0.1, 0.15) is 6.42 Å². The van der Waals surface area contributed by atoms with Crippen LogP contribution in [-0.4, -0.2) is 29.3 Å². The van der Waals surface area contributed by atoms with E-state index in [9.17, 15) is 9.59 Å². The van der Waals surface area contributed by atoms with Gasteiger partial charge >= 0.3 is 11.9 Å². The van der Waals surface area contributed by atoms with Crippen LogP contribution in [0.4, 0.5) is 0 Å². The van der Waals surface area contributed by atoms with E-state index in [1.54, 1.807) is 6.08 Å². The predicted molar refractivity (Wildman–Crippen MR) is 46.6 cm³/mol. The minimum absolute atomic E-state index is 0.108. The van der Waals surface area contributed by atoms with Gasteiger partial charge in [0, 0.05) is 0 Å². The highest BCUT2D eigenvalue weighted by Gasteiger charge is 2.31. The van der Waals surface area contributed by atoms with Crippen molar-refractivity contribution >= 4 is 11.9 Å². The molecule has 1 atom stereocenters. The van der Waals surface area contributed by atoms with Gasteiger partial charge in [-0.15, -0.1) is 0 Å². The molecule has 2 N–H and O–H groups in total. The van der Waals surface area contributed by atoms with Crippen molar-refractivity contribution in [1.29, 1.82) is 0 Å². The van der Waals surface area contributed by atoms with Crippen LogP contribution in [0.5, 0.6) is 0 Å². The first-order valence-corrected chi connectivity index (χ1v) is 3.98. The fourth-order valence-electron chi connectivity index (χ4n) is 1.35. The lowest BCUT2D eigenvalue weighted by Crippen LogP contribution is -2.24. The molecule has 0 saturated heterocycles. The molecule has 0 spiro atoms. The lowest BCUT2D eigenvalue weighted by atomic mass is 9.90. The Hall–Kier alpha value is -1.78. The molecule has 0 heterocycles. The molecule has 0 amide bonds. The van der Waals surface area contributed by atoms with Crippen molar-refractivity contribution in [1.82, 2.24) is 0 Å². The molecule has 0 fully saturated rings. The van der Waals surface area contributed by atoms with Crippen LogP contribution < -0.4 is 0 Å². The van der Waals surface area contributed by atoms with E-state index in [4.69, 9.17) is 14.9 Å². The summed E-state index contributed by atoms with van der Waals surface area (Å²) in [6.45, 7) is 0. The predicted octanol–water partition coefficient (Wildman–Crippen LogP) is 0.632. The van der Waals surface area contributed by atoms with Gasteiger partial charge in [-0.1, -0.05) is 6.08 Å². The topological polar surface area (TPSA) is 83.8 Å². The van der Waals surface area contributed by atoms with Gasteiger partial charge in [-0.3, -0.25) is 4.79 Å². The molecule has 1 unspecified atom stereocenters. The molecule has 76 valence electrons. The molecule has 0 aromatic rings. The second-order valence-corrected chi connectivity index (χ2v) is 2.82. The molecule has 1 aliphatic carbocycles. The molecule has 14 heavy (non-hydrogen) atoms. The first-order chi connectivity index (χ1) is 6.57. The first kappa shape index (κ1) is 10.3. The van der Waals surface area contributed by atoms with E-state index in [0.29, 0.717) is 0 Å². The maximum Gasteiger partial charge on any atom is 0.336 e. The van der Waals surface area contributed by atoms with Crippen molar-refractivity contribution in [2.75, 3.05) is 7.11 Å². The van der Waals surface area contributed by atoms with E-state index in [0.717, 1.165) is 0 Å². The SMILES string of the molecule is COC1=C(C(=O)O)C(C(=O)O)CC=C1. The molecule has 0 bridgehead atoms. The number of aliphatic carboxylic acids is 2. The second-order valence-electron chi connectivity index (χ2n) is 2.82. The summed E-state index contributed by atoms with van der Waals surface area (Å²) < 4.78 is 4.79. The molecule has 1 rings (SSSR count). The molecule has 5 nitrogen and oxygen atoms in total. The monoisotopic (exact) mass is 198 g/mol. The summed E-state index contributed by atoms with van der Waals surface area (Å²) >= 11 is 0. The van der Waals surface area contributed by atoms with Crippen LogP contribution in [0, 0.1) is 5.92 Å². The molecule has 0 aromatic heterocycles. The van der Waals surface area contributed by atoms with E-state index >= 15 is 0 Å². The fourth-order valence-corrected chi connectivity index (χ4v) is 1.35. The van der Waals surface area contributed by atoms with E-state index in [2.05, 4.69) is 0 Å². The zero-order valence-electron chi connectivity index (χ0n) is 7.56. The van der Waals surface area contributed by atoms with Crippen LogP contribution in [0.2, 0.25) is 0 Å². The smallest absolute Gasteiger partial charge is 0.336 e. The molecule has 0 saturated carbocycles. The summed E-state index contributed by atoms with van der Waals surface area (Å²) in [5, 5.41) is 17.6. The van der Waals surface area contributed by atoms with E-state index in [1.807, 2.05) is 0 Å². The number of carbonyl (C=O) groups is 2. The summed E-state index contributed by atoms with van der Waals surface area (Å²) in [5.41, 5.74) is -0.192.